The van der Waals surface area contributed by atoms with Crippen molar-refractivity contribution in [2.75, 3.05) is 26.7 Å². The van der Waals surface area contributed by atoms with Gasteiger partial charge in [-0.3, -0.25) is 4.90 Å². The fourth-order valence-electron chi connectivity index (χ4n) is 3.29. The van der Waals surface area contributed by atoms with E-state index in [2.05, 4.69) is 46.0 Å². The Kier molecular flexibility index (Phi) is 8.29. The third kappa shape index (κ3) is 6.22. The maximum absolute atomic E-state index is 12.6. The van der Waals surface area contributed by atoms with E-state index in [0.29, 0.717) is 24.5 Å². The van der Waals surface area contributed by atoms with Crippen LogP contribution < -0.4 is 20.1 Å². The first-order chi connectivity index (χ1) is 13.3. The van der Waals surface area contributed by atoms with E-state index in [1.165, 1.54) is 13.2 Å². The van der Waals surface area contributed by atoms with Gasteiger partial charge in [0.1, 0.15) is 0 Å². The maximum Gasteiger partial charge on any atom is 0.387 e. The summed E-state index contributed by atoms with van der Waals surface area (Å²) in [4.78, 5) is 7.07. The fraction of sp³-hybridized carbons (Fsp3) is 0.650. The molecule has 0 aliphatic carbocycles. The van der Waals surface area contributed by atoms with Crippen LogP contribution in [-0.4, -0.2) is 56.3 Å². The second-order valence-corrected chi connectivity index (χ2v) is 7.33. The fourth-order valence-corrected chi connectivity index (χ4v) is 3.29. The molecular formula is C20H32F2N4O2. The summed E-state index contributed by atoms with van der Waals surface area (Å²) in [6.45, 7) is 8.86. The number of hydrogen-bond acceptors (Lipinski definition) is 4. The monoisotopic (exact) mass is 398 g/mol. The molecule has 1 aromatic carbocycles. The van der Waals surface area contributed by atoms with Gasteiger partial charge in [0.15, 0.2) is 17.5 Å². The van der Waals surface area contributed by atoms with E-state index in [4.69, 9.17) is 4.74 Å². The standard InChI is InChI=1S/C20H32F2N4O2/c1-6-23-20(25-16-12-26(13(2)3)11-14(16)4)24-10-15-7-8-17(27-5)18(9-15)28-19(21)22/h7-9,13-14,16,19H,6,10-12H2,1-5H3,(H2,23,24,25). The van der Waals surface area contributed by atoms with Crippen molar-refractivity contribution < 1.29 is 18.3 Å². The molecule has 28 heavy (non-hydrogen) atoms. The van der Waals surface area contributed by atoms with Gasteiger partial charge in [0, 0.05) is 31.7 Å². The molecule has 2 rings (SSSR count). The summed E-state index contributed by atoms with van der Waals surface area (Å²) in [5.41, 5.74) is 0.761. The normalized spacial score (nSPS) is 20.7. The van der Waals surface area contributed by atoms with Crippen molar-refractivity contribution in [3.8, 4) is 11.5 Å². The van der Waals surface area contributed by atoms with Crippen molar-refractivity contribution in [3.63, 3.8) is 0 Å². The molecule has 158 valence electrons. The lowest BCUT2D eigenvalue weighted by atomic mass is 10.1. The Bertz CT molecular complexity index is 655. The SMILES string of the molecule is CCNC(=NCc1ccc(OC)c(OC(F)F)c1)NC1CN(C(C)C)CC1C. The molecule has 2 unspecified atom stereocenters. The van der Waals surface area contributed by atoms with E-state index in [1.54, 1.807) is 12.1 Å². The van der Waals surface area contributed by atoms with Gasteiger partial charge in [-0.2, -0.15) is 8.78 Å². The Morgan fingerprint density at radius 2 is 2.04 bits per heavy atom. The van der Waals surface area contributed by atoms with Crippen LogP contribution in [0.4, 0.5) is 8.78 Å². The molecule has 6 nitrogen and oxygen atoms in total. The van der Waals surface area contributed by atoms with Crippen molar-refractivity contribution in [1.82, 2.24) is 15.5 Å². The minimum atomic E-state index is -2.90. The van der Waals surface area contributed by atoms with Crippen LogP contribution in [0.15, 0.2) is 23.2 Å². The zero-order valence-corrected chi connectivity index (χ0v) is 17.3. The zero-order chi connectivity index (χ0) is 20.7. The lowest BCUT2D eigenvalue weighted by Crippen LogP contribution is -2.46. The Morgan fingerprint density at radius 1 is 1.29 bits per heavy atom. The molecule has 1 saturated heterocycles. The molecule has 2 atom stereocenters. The second kappa shape index (κ2) is 10.5. The largest absolute Gasteiger partial charge is 0.493 e. The third-order valence-electron chi connectivity index (χ3n) is 4.90. The van der Waals surface area contributed by atoms with Crippen LogP contribution in [0.5, 0.6) is 11.5 Å². The van der Waals surface area contributed by atoms with Crippen LogP contribution in [0, 0.1) is 5.92 Å². The van der Waals surface area contributed by atoms with Crippen molar-refractivity contribution in [2.45, 2.75) is 52.9 Å². The molecule has 1 aliphatic heterocycles. The summed E-state index contributed by atoms with van der Waals surface area (Å²) >= 11 is 0. The number of alkyl halides is 2. The number of guanidine groups is 1. The number of likely N-dealkylation sites (tertiary alicyclic amines) is 1. The molecule has 0 radical (unpaired) electrons. The Balaban J connectivity index is 2.08. The number of ether oxygens (including phenoxy) is 2. The number of methoxy groups -OCH3 is 1. The molecule has 1 aliphatic rings. The molecule has 2 N–H and O–H groups in total. The Hall–Kier alpha value is -2.09. The highest BCUT2D eigenvalue weighted by Crippen LogP contribution is 2.29. The quantitative estimate of drug-likeness (QED) is 0.521. The minimum absolute atomic E-state index is 0.0140. The number of rotatable bonds is 8. The Labute approximate surface area is 166 Å². The summed E-state index contributed by atoms with van der Waals surface area (Å²) in [5.74, 6) is 1.52. The topological polar surface area (TPSA) is 58.1 Å². The van der Waals surface area contributed by atoms with E-state index in [-0.39, 0.29) is 11.5 Å². The average molecular weight is 398 g/mol. The number of hydrogen-bond donors (Lipinski definition) is 2. The Morgan fingerprint density at radius 3 is 2.61 bits per heavy atom. The van der Waals surface area contributed by atoms with E-state index in [1.807, 2.05) is 6.92 Å². The summed E-state index contributed by atoms with van der Waals surface area (Å²) in [7, 11) is 1.42. The summed E-state index contributed by atoms with van der Waals surface area (Å²) in [6.07, 6.45) is 0. The van der Waals surface area contributed by atoms with Gasteiger partial charge in [-0.1, -0.05) is 13.0 Å². The van der Waals surface area contributed by atoms with Crippen LogP contribution in [-0.2, 0) is 6.54 Å². The maximum atomic E-state index is 12.6. The van der Waals surface area contributed by atoms with Crippen molar-refractivity contribution in [3.05, 3.63) is 23.8 Å². The van der Waals surface area contributed by atoms with Crippen molar-refractivity contribution in [1.29, 1.82) is 0 Å². The molecule has 0 bridgehead atoms. The third-order valence-corrected chi connectivity index (χ3v) is 4.90. The van der Waals surface area contributed by atoms with Crippen LogP contribution in [0.25, 0.3) is 0 Å². The molecule has 0 saturated carbocycles. The number of halogens is 2. The van der Waals surface area contributed by atoms with Crippen molar-refractivity contribution in [2.24, 2.45) is 10.9 Å². The number of aliphatic imine (C=N–C) groups is 1. The van der Waals surface area contributed by atoms with Crippen LogP contribution in [0.1, 0.15) is 33.3 Å². The molecule has 8 heteroatoms. The van der Waals surface area contributed by atoms with E-state index >= 15 is 0 Å². The first-order valence-electron chi connectivity index (χ1n) is 9.74. The second-order valence-electron chi connectivity index (χ2n) is 7.33. The van der Waals surface area contributed by atoms with Gasteiger partial charge in [-0.15, -0.1) is 0 Å². The van der Waals surface area contributed by atoms with Crippen LogP contribution in [0.3, 0.4) is 0 Å². The van der Waals surface area contributed by atoms with E-state index < -0.39 is 6.61 Å². The molecule has 1 fully saturated rings. The van der Waals surface area contributed by atoms with Gasteiger partial charge in [0.25, 0.3) is 0 Å². The van der Waals surface area contributed by atoms with Gasteiger partial charge in [0.05, 0.1) is 13.7 Å². The van der Waals surface area contributed by atoms with Gasteiger partial charge < -0.3 is 20.1 Å². The highest BCUT2D eigenvalue weighted by molar-refractivity contribution is 5.80. The lowest BCUT2D eigenvalue weighted by molar-refractivity contribution is -0.0512. The number of benzene rings is 1. The smallest absolute Gasteiger partial charge is 0.387 e. The van der Waals surface area contributed by atoms with Gasteiger partial charge >= 0.3 is 6.61 Å². The zero-order valence-electron chi connectivity index (χ0n) is 17.3. The lowest BCUT2D eigenvalue weighted by Gasteiger charge is -2.22. The molecule has 0 aromatic heterocycles. The predicted octanol–water partition coefficient (Wildman–Crippen LogP) is 3.08. The molecule has 0 spiro atoms. The van der Waals surface area contributed by atoms with E-state index in [0.717, 1.165) is 31.2 Å². The first kappa shape index (κ1) is 22.2. The average Bonchev–Trinajstić information content (AvgIpc) is 3.00. The van der Waals surface area contributed by atoms with Crippen LogP contribution in [0.2, 0.25) is 0 Å². The summed E-state index contributed by atoms with van der Waals surface area (Å²) in [6, 6.07) is 5.78. The highest BCUT2D eigenvalue weighted by Gasteiger charge is 2.31. The highest BCUT2D eigenvalue weighted by atomic mass is 19.3. The predicted molar refractivity (Wildman–Crippen MR) is 107 cm³/mol. The summed E-state index contributed by atoms with van der Waals surface area (Å²) in [5, 5.41) is 6.77. The molecule has 1 heterocycles. The van der Waals surface area contributed by atoms with Gasteiger partial charge in [-0.25, -0.2) is 4.99 Å². The minimum Gasteiger partial charge on any atom is -0.493 e. The van der Waals surface area contributed by atoms with Crippen LogP contribution >= 0.6 is 0 Å². The number of nitrogens with one attached hydrogen (secondary N) is 2. The first-order valence-corrected chi connectivity index (χ1v) is 9.74. The molecule has 0 amide bonds. The van der Waals surface area contributed by atoms with Gasteiger partial charge in [-0.05, 0) is 44.4 Å². The van der Waals surface area contributed by atoms with Gasteiger partial charge in [0.2, 0.25) is 0 Å². The number of nitrogens with zero attached hydrogens (tertiary/aromatic N) is 2. The van der Waals surface area contributed by atoms with E-state index in [9.17, 15) is 8.78 Å². The molecular weight excluding hydrogens is 366 g/mol. The van der Waals surface area contributed by atoms with Crippen molar-refractivity contribution >= 4 is 5.96 Å². The summed E-state index contributed by atoms with van der Waals surface area (Å²) < 4.78 is 34.8. The molecule has 1 aromatic rings.